The van der Waals surface area contributed by atoms with Gasteiger partial charge in [0.25, 0.3) is 11.8 Å². The number of anilines is 2. The van der Waals surface area contributed by atoms with Gasteiger partial charge in [-0.05, 0) is 30.7 Å². The minimum Gasteiger partial charge on any atom is -0.383 e. The molecule has 0 saturated carbocycles. The lowest BCUT2D eigenvalue weighted by molar-refractivity contribution is -0.117. The Kier molecular flexibility index (Phi) is 11.9. The molecule has 0 bridgehead atoms. The smallest absolute Gasteiger partial charge is 0.253 e. The van der Waals surface area contributed by atoms with E-state index in [4.69, 9.17) is 9.47 Å². The molecule has 2 rings (SSSR count). The fraction of sp³-hybridized carbons (Fsp3) is 0.360. The predicted octanol–water partition coefficient (Wildman–Crippen LogP) is 2.19. The maximum Gasteiger partial charge on any atom is 0.253 e. The van der Waals surface area contributed by atoms with Crippen LogP contribution in [0.1, 0.15) is 40.0 Å². The lowest BCUT2D eigenvalue weighted by Crippen LogP contribution is -2.28. The second-order valence-electron chi connectivity index (χ2n) is 7.54. The van der Waals surface area contributed by atoms with E-state index in [0.717, 1.165) is 0 Å². The van der Waals surface area contributed by atoms with Crippen molar-refractivity contribution in [1.29, 1.82) is 0 Å². The van der Waals surface area contributed by atoms with Gasteiger partial charge in [-0.2, -0.15) is 0 Å². The van der Waals surface area contributed by atoms with Crippen LogP contribution >= 0.6 is 0 Å². The minimum atomic E-state index is -0.317. The molecule has 10 nitrogen and oxygen atoms in total. The zero-order chi connectivity index (χ0) is 25.5. The van der Waals surface area contributed by atoms with Crippen LogP contribution in [0, 0.1) is 0 Å². The predicted molar refractivity (Wildman–Crippen MR) is 132 cm³/mol. The van der Waals surface area contributed by atoms with Crippen LogP contribution in [0.4, 0.5) is 11.4 Å². The molecular formula is C25H32N4O6. The van der Waals surface area contributed by atoms with Crippen LogP contribution in [0.15, 0.2) is 48.5 Å². The second-order valence-corrected chi connectivity index (χ2v) is 7.54. The normalized spacial score (nSPS) is 10.3. The Morgan fingerprint density at radius 1 is 0.657 bits per heavy atom. The van der Waals surface area contributed by atoms with E-state index < -0.39 is 0 Å². The Hall–Kier alpha value is -3.76. The zero-order valence-electron chi connectivity index (χ0n) is 20.0. The van der Waals surface area contributed by atoms with Gasteiger partial charge in [-0.25, -0.2) is 0 Å². The molecule has 0 heterocycles. The number of nitrogens with one attached hydrogen (secondary N) is 4. The Bertz CT molecular complexity index is 931. The maximum atomic E-state index is 12.4. The van der Waals surface area contributed by atoms with Gasteiger partial charge >= 0.3 is 0 Å². The summed E-state index contributed by atoms with van der Waals surface area (Å²) in [7, 11) is 3.08. The van der Waals surface area contributed by atoms with Crippen LogP contribution < -0.4 is 21.3 Å². The molecule has 4 N–H and O–H groups in total. The minimum absolute atomic E-state index is 0.0895. The van der Waals surface area contributed by atoms with Gasteiger partial charge in [-0.3, -0.25) is 19.2 Å². The summed E-state index contributed by atoms with van der Waals surface area (Å²) >= 11 is 0. The first-order valence-corrected chi connectivity index (χ1v) is 11.3. The lowest BCUT2D eigenvalue weighted by atomic mass is 10.1. The summed E-state index contributed by atoms with van der Waals surface area (Å²) in [6.45, 7) is 1.46. The Morgan fingerprint density at radius 2 is 1.06 bits per heavy atom. The molecule has 0 aliphatic heterocycles. The highest BCUT2D eigenvalue weighted by atomic mass is 16.5. The van der Waals surface area contributed by atoms with Crippen LogP contribution in [0.5, 0.6) is 0 Å². The summed E-state index contributed by atoms with van der Waals surface area (Å²) in [5, 5.41) is 10.9. The third kappa shape index (κ3) is 9.55. The van der Waals surface area contributed by atoms with E-state index in [0.29, 0.717) is 55.2 Å². The summed E-state index contributed by atoms with van der Waals surface area (Å²) in [5.41, 5.74) is 1.47. The van der Waals surface area contributed by atoms with Crippen molar-refractivity contribution in [3.63, 3.8) is 0 Å². The fourth-order valence-corrected chi connectivity index (χ4v) is 3.14. The van der Waals surface area contributed by atoms with Gasteiger partial charge in [0.05, 0.1) is 35.7 Å². The Balaban J connectivity index is 1.84. The van der Waals surface area contributed by atoms with Gasteiger partial charge in [-0.15, -0.1) is 0 Å². The third-order valence-corrected chi connectivity index (χ3v) is 4.88. The molecule has 0 radical (unpaired) electrons. The lowest BCUT2D eigenvalue weighted by Gasteiger charge is -2.12. The Morgan fingerprint density at radius 3 is 1.46 bits per heavy atom. The quantitative estimate of drug-likeness (QED) is 0.304. The molecule has 0 aromatic heterocycles. The van der Waals surface area contributed by atoms with Crippen molar-refractivity contribution in [1.82, 2.24) is 10.6 Å². The van der Waals surface area contributed by atoms with E-state index in [1.807, 2.05) is 0 Å². The van der Waals surface area contributed by atoms with E-state index >= 15 is 0 Å². The molecule has 2 aromatic carbocycles. The first kappa shape index (κ1) is 27.5. The molecular weight excluding hydrogens is 452 g/mol. The van der Waals surface area contributed by atoms with Crippen LogP contribution in [0.2, 0.25) is 0 Å². The first-order chi connectivity index (χ1) is 17.0. The topological polar surface area (TPSA) is 135 Å². The number of ether oxygens (including phenoxy) is 2. The molecule has 4 amide bonds. The van der Waals surface area contributed by atoms with E-state index in [2.05, 4.69) is 21.3 Å². The van der Waals surface area contributed by atoms with Gasteiger partial charge in [-0.1, -0.05) is 24.3 Å². The number of para-hydroxylation sites is 2. The largest absolute Gasteiger partial charge is 0.383 e. The number of rotatable bonds is 14. The van der Waals surface area contributed by atoms with E-state index in [1.54, 1.807) is 62.8 Å². The SMILES string of the molecule is COCCNC(=O)c1ccccc1NC(=O)CCCC(=O)Nc1ccccc1C(=O)NCCOC. The zero-order valence-corrected chi connectivity index (χ0v) is 20.0. The highest BCUT2D eigenvalue weighted by molar-refractivity contribution is 6.05. The third-order valence-electron chi connectivity index (χ3n) is 4.88. The summed E-state index contributed by atoms with van der Waals surface area (Å²) < 4.78 is 9.84. The Labute approximate surface area is 204 Å². The van der Waals surface area contributed by atoms with Gasteiger partial charge in [0.1, 0.15) is 0 Å². The van der Waals surface area contributed by atoms with Crippen molar-refractivity contribution in [2.45, 2.75) is 19.3 Å². The second kappa shape index (κ2) is 15.2. The molecule has 0 unspecified atom stereocenters. The molecule has 0 aliphatic carbocycles. The number of carbonyl (C=O) groups excluding carboxylic acids is 4. The molecule has 0 aliphatic rings. The van der Waals surface area contributed by atoms with Crippen molar-refractivity contribution in [3.8, 4) is 0 Å². The molecule has 0 spiro atoms. The average Bonchev–Trinajstić information content (AvgIpc) is 2.85. The van der Waals surface area contributed by atoms with Crippen molar-refractivity contribution in [2.75, 3.05) is 51.2 Å². The van der Waals surface area contributed by atoms with Gasteiger partial charge < -0.3 is 30.7 Å². The summed E-state index contributed by atoms with van der Waals surface area (Å²) in [5.74, 6) is -1.26. The summed E-state index contributed by atoms with van der Waals surface area (Å²) in [6, 6.07) is 13.4. The van der Waals surface area contributed by atoms with Crippen molar-refractivity contribution >= 4 is 35.0 Å². The standard InChI is InChI=1S/C25H32N4O6/c1-34-16-14-26-24(32)18-8-3-5-10-20(18)28-22(30)12-7-13-23(31)29-21-11-6-4-9-19(21)25(33)27-15-17-35-2/h3-6,8-11H,7,12-17H2,1-2H3,(H,26,32)(H,27,33)(H,28,30)(H,29,31). The molecule has 2 aromatic rings. The van der Waals surface area contributed by atoms with Crippen molar-refractivity contribution in [2.24, 2.45) is 0 Å². The van der Waals surface area contributed by atoms with Crippen LogP contribution in [-0.2, 0) is 19.1 Å². The molecule has 0 atom stereocenters. The fourth-order valence-electron chi connectivity index (χ4n) is 3.14. The number of methoxy groups -OCH3 is 2. The van der Waals surface area contributed by atoms with Gasteiger partial charge in [0.2, 0.25) is 11.8 Å². The molecule has 188 valence electrons. The highest BCUT2D eigenvalue weighted by Gasteiger charge is 2.15. The van der Waals surface area contributed by atoms with E-state index in [1.165, 1.54) is 0 Å². The van der Waals surface area contributed by atoms with Gasteiger partial charge in [0, 0.05) is 40.2 Å². The van der Waals surface area contributed by atoms with Crippen LogP contribution in [-0.4, -0.2) is 64.2 Å². The monoisotopic (exact) mass is 484 g/mol. The van der Waals surface area contributed by atoms with Gasteiger partial charge in [0.15, 0.2) is 0 Å². The summed E-state index contributed by atoms with van der Waals surface area (Å²) in [6.07, 6.45) is 0.473. The maximum absolute atomic E-state index is 12.4. The van der Waals surface area contributed by atoms with Crippen molar-refractivity contribution < 1.29 is 28.7 Å². The number of carbonyl (C=O) groups is 4. The van der Waals surface area contributed by atoms with E-state index in [9.17, 15) is 19.2 Å². The highest BCUT2D eigenvalue weighted by Crippen LogP contribution is 2.17. The van der Waals surface area contributed by atoms with E-state index in [-0.39, 0.29) is 36.5 Å². The molecule has 0 fully saturated rings. The number of hydrogen-bond donors (Lipinski definition) is 4. The van der Waals surface area contributed by atoms with Crippen LogP contribution in [0.25, 0.3) is 0 Å². The molecule has 35 heavy (non-hydrogen) atoms. The first-order valence-electron chi connectivity index (χ1n) is 11.3. The van der Waals surface area contributed by atoms with Crippen LogP contribution in [0.3, 0.4) is 0 Å². The molecule has 0 saturated heterocycles. The number of benzene rings is 2. The number of amides is 4. The number of hydrogen-bond acceptors (Lipinski definition) is 6. The summed E-state index contributed by atoms with van der Waals surface area (Å²) in [4.78, 5) is 49.5. The molecule has 10 heteroatoms. The van der Waals surface area contributed by atoms with Crippen molar-refractivity contribution in [3.05, 3.63) is 59.7 Å². The average molecular weight is 485 g/mol.